The quantitative estimate of drug-likeness (QED) is 0.683. The van der Waals surface area contributed by atoms with Crippen LogP contribution in [-0.2, 0) is 0 Å². The predicted octanol–water partition coefficient (Wildman–Crippen LogP) is 0.633. The monoisotopic (exact) mass is 250 g/mol. The maximum atomic E-state index is 11.5. The zero-order valence-electron chi connectivity index (χ0n) is 8.91. The fourth-order valence-electron chi connectivity index (χ4n) is 1.04. The van der Waals surface area contributed by atoms with Crippen molar-refractivity contribution in [1.82, 2.24) is 4.98 Å². The number of nitrogens with zero attached hydrogens (tertiary/aromatic N) is 1. The molecule has 0 unspecified atom stereocenters. The molecule has 2 rings (SSSR count). The molecule has 0 aliphatic heterocycles. The first-order valence-electron chi connectivity index (χ1n) is 4.75. The first-order valence-corrected chi connectivity index (χ1v) is 5.63. The van der Waals surface area contributed by atoms with Crippen molar-refractivity contribution < 1.29 is 14.8 Å². The summed E-state index contributed by atoms with van der Waals surface area (Å²) >= 11 is 1.33. The molecule has 0 saturated carbocycles. The Kier molecular flexibility index (Phi) is 5.94. The van der Waals surface area contributed by atoms with Gasteiger partial charge in [-0.15, -0.1) is 11.3 Å². The molecule has 2 aromatic rings. The second-order valence-electron chi connectivity index (χ2n) is 2.80. The number of nitrogens with one attached hydrogen (secondary N) is 1. The first-order chi connectivity index (χ1) is 8.27. The van der Waals surface area contributed by atoms with Gasteiger partial charge in [-0.25, -0.2) is 4.98 Å². The number of rotatable bonds is 2. The number of anilines is 1. The van der Waals surface area contributed by atoms with Gasteiger partial charge in [-0.2, -0.15) is 0 Å². The van der Waals surface area contributed by atoms with E-state index in [1.54, 1.807) is 11.6 Å². The minimum Gasteiger partial charge on any atom is -0.430 e. The largest absolute Gasteiger partial charge is 0.432 e. The van der Waals surface area contributed by atoms with E-state index in [4.69, 9.17) is 10.0 Å². The van der Waals surface area contributed by atoms with E-state index < -0.39 is 7.69 Å². The van der Waals surface area contributed by atoms with Gasteiger partial charge < -0.3 is 15.4 Å². The summed E-state index contributed by atoms with van der Waals surface area (Å²) in [6.07, 6.45) is 1.62. The summed E-state index contributed by atoms with van der Waals surface area (Å²) in [5.74, 6) is -0.161. The molecule has 0 radical (unpaired) electrons. The second-order valence-corrected chi connectivity index (χ2v) is 3.69. The fraction of sp³-hybridized carbons (Fsp3) is 0. The van der Waals surface area contributed by atoms with Gasteiger partial charge in [0.1, 0.15) is 0 Å². The molecule has 5 nitrogen and oxygen atoms in total. The van der Waals surface area contributed by atoms with Crippen molar-refractivity contribution >= 4 is 30.6 Å². The van der Waals surface area contributed by atoms with Crippen LogP contribution in [0.2, 0.25) is 0 Å². The third-order valence-electron chi connectivity index (χ3n) is 1.66. The van der Waals surface area contributed by atoms with Crippen LogP contribution in [0.15, 0.2) is 41.9 Å². The lowest BCUT2D eigenvalue weighted by molar-refractivity contribution is 0.102. The Labute approximate surface area is 103 Å². The molecule has 1 aromatic heterocycles. The minimum atomic E-state index is -0.750. The summed E-state index contributed by atoms with van der Waals surface area (Å²) in [5, 5.41) is 19.3. The lowest BCUT2D eigenvalue weighted by Gasteiger charge is -2.00. The fourth-order valence-corrected chi connectivity index (χ4v) is 1.57. The highest BCUT2D eigenvalue weighted by Gasteiger charge is 2.07. The molecule has 0 bridgehead atoms. The van der Waals surface area contributed by atoms with Crippen molar-refractivity contribution in [1.29, 1.82) is 0 Å². The van der Waals surface area contributed by atoms with Gasteiger partial charge in [0.05, 0.1) is 0 Å². The molecule has 0 atom stereocenters. The Morgan fingerprint density at radius 3 is 2.47 bits per heavy atom. The van der Waals surface area contributed by atoms with Crippen LogP contribution in [0.1, 0.15) is 9.80 Å². The van der Waals surface area contributed by atoms with Crippen LogP contribution in [-0.4, -0.2) is 28.6 Å². The molecule has 88 valence electrons. The zero-order valence-corrected chi connectivity index (χ0v) is 9.72. The van der Waals surface area contributed by atoms with E-state index in [1.807, 2.05) is 30.3 Å². The normalized spacial score (nSPS) is 8.82. The summed E-state index contributed by atoms with van der Waals surface area (Å²) in [5.41, 5.74) is 0.785. The zero-order chi connectivity index (χ0) is 12.5. The lowest BCUT2D eigenvalue weighted by Crippen LogP contribution is -2.10. The SMILES string of the molecule is O=C(Nc1ccccc1)c1nccs1.OBO. The summed E-state index contributed by atoms with van der Waals surface area (Å²) < 4.78 is 0. The summed E-state index contributed by atoms with van der Waals surface area (Å²) in [6, 6.07) is 9.32. The number of aromatic nitrogens is 1. The Morgan fingerprint density at radius 2 is 1.94 bits per heavy atom. The topological polar surface area (TPSA) is 82.5 Å². The molecule has 0 saturated heterocycles. The van der Waals surface area contributed by atoms with Crippen LogP contribution >= 0.6 is 11.3 Å². The summed E-state index contributed by atoms with van der Waals surface area (Å²) in [7, 11) is -0.750. The number of carbonyl (C=O) groups is 1. The Balaban J connectivity index is 0.000000437. The van der Waals surface area contributed by atoms with Crippen molar-refractivity contribution in [2.45, 2.75) is 0 Å². The summed E-state index contributed by atoms with van der Waals surface area (Å²) in [4.78, 5) is 15.4. The third kappa shape index (κ3) is 4.77. The number of amides is 1. The molecule has 0 spiro atoms. The Hall–Kier alpha value is -1.70. The highest BCUT2D eigenvalue weighted by molar-refractivity contribution is 7.11. The van der Waals surface area contributed by atoms with Crippen LogP contribution in [0.25, 0.3) is 0 Å². The van der Waals surface area contributed by atoms with Gasteiger partial charge in [-0.05, 0) is 12.1 Å². The number of hydrogen-bond donors (Lipinski definition) is 3. The van der Waals surface area contributed by atoms with Crippen LogP contribution < -0.4 is 5.32 Å². The Morgan fingerprint density at radius 1 is 1.29 bits per heavy atom. The van der Waals surface area contributed by atoms with Gasteiger partial charge in [-0.1, -0.05) is 18.2 Å². The standard InChI is InChI=1S/C10H8N2OS.BH3O2/c13-9(10-11-6-7-14-10)12-8-4-2-1-3-5-8;2-1-3/h1-7H,(H,12,13);1-3H. The third-order valence-corrected chi connectivity index (χ3v) is 2.43. The number of hydrogen-bond acceptors (Lipinski definition) is 5. The molecule has 0 aliphatic carbocycles. The highest BCUT2D eigenvalue weighted by atomic mass is 32.1. The van der Waals surface area contributed by atoms with Gasteiger partial charge in [0.25, 0.3) is 5.91 Å². The minimum absolute atomic E-state index is 0.161. The number of benzene rings is 1. The smallest absolute Gasteiger partial charge is 0.430 e. The van der Waals surface area contributed by atoms with Crippen molar-refractivity contribution in [3.63, 3.8) is 0 Å². The molecular weight excluding hydrogens is 239 g/mol. The van der Waals surface area contributed by atoms with Gasteiger partial charge in [0.15, 0.2) is 5.01 Å². The van der Waals surface area contributed by atoms with Crippen LogP contribution in [0.3, 0.4) is 0 Å². The van der Waals surface area contributed by atoms with Gasteiger partial charge in [0, 0.05) is 17.3 Å². The van der Waals surface area contributed by atoms with Crippen molar-refractivity contribution in [2.24, 2.45) is 0 Å². The molecule has 0 fully saturated rings. The van der Waals surface area contributed by atoms with E-state index in [-0.39, 0.29) is 5.91 Å². The summed E-state index contributed by atoms with van der Waals surface area (Å²) in [6.45, 7) is 0. The molecule has 7 heteroatoms. The van der Waals surface area contributed by atoms with Crippen molar-refractivity contribution in [2.75, 3.05) is 5.32 Å². The van der Waals surface area contributed by atoms with Crippen molar-refractivity contribution in [3.05, 3.63) is 46.9 Å². The van der Waals surface area contributed by atoms with Crippen LogP contribution in [0.4, 0.5) is 5.69 Å². The maximum absolute atomic E-state index is 11.5. The predicted molar refractivity (Wildman–Crippen MR) is 68.1 cm³/mol. The van der Waals surface area contributed by atoms with Crippen molar-refractivity contribution in [3.8, 4) is 0 Å². The molecule has 3 N–H and O–H groups in total. The van der Waals surface area contributed by atoms with E-state index in [1.165, 1.54) is 11.3 Å². The Bertz CT molecular complexity index is 436. The number of thiazole rings is 1. The second kappa shape index (κ2) is 7.56. The van der Waals surface area contributed by atoms with Crippen LogP contribution in [0, 0.1) is 0 Å². The molecular formula is C10H11BN2O3S. The van der Waals surface area contributed by atoms with E-state index in [0.717, 1.165) is 5.69 Å². The molecule has 17 heavy (non-hydrogen) atoms. The lowest BCUT2D eigenvalue weighted by atomic mass is 10.3. The molecule has 0 aliphatic rings. The van der Waals surface area contributed by atoms with E-state index in [0.29, 0.717) is 5.01 Å². The van der Waals surface area contributed by atoms with Gasteiger partial charge >= 0.3 is 7.69 Å². The molecule has 1 aromatic carbocycles. The molecule has 1 heterocycles. The number of carbonyl (C=O) groups excluding carboxylic acids is 1. The van der Waals surface area contributed by atoms with E-state index in [9.17, 15) is 4.79 Å². The van der Waals surface area contributed by atoms with Gasteiger partial charge in [-0.3, -0.25) is 4.79 Å². The maximum Gasteiger partial charge on any atom is 0.432 e. The van der Waals surface area contributed by atoms with Gasteiger partial charge in [0.2, 0.25) is 0 Å². The van der Waals surface area contributed by atoms with E-state index in [2.05, 4.69) is 10.3 Å². The van der Waals surface area contributed by atoms with E-state index >= 15 is 0 Å². The highest BCUT2D eigenvalue weighted by Crippen LogP contribution is 2.09. The average Bonchev–Trinajstić information content (AvgIpc) is 2.85. The number of para-hydroxylation sites is 1. The first kappa shape index (κ1) is 13.4. The average molecular weight is 250 g/mol. The molecule has 1 amide bonds. The van der Waals surface area contributed by atoms with Crippen LogP contribution in [0.5, 0.6) is 0 Å².